The Morgan fingerprint density at radius 1 is 1.36 bits per heavy atom. The number of ether oxygens (including phenoxy) is 1. The van der Waals surface area contributed by atoms with Crippen LogP contribution >= 0.6 is 11.6 Å². The molecule has 1 aromatic rings. The van der Waals surface area contributed by atoms with E-state index in [0.717, 1.165) is 0 Å². The molecule has 0 aromatic heterocycles. The summed E-state index contributed by atoms with van der Waals surface area (Å²) in [5.41, 5.74) is -3.44. The van der Waals surface area contributed by atoms with Crippen LogP contribution in [0.25, 0.3) is 0 Å². The number of urea groups is 1. The second-order valence-corrected chi connectivity index (χ2v) is 5.01. The summed E-state index contributed by atoms with van der Waals surface area (Å²) in [7, 11) is 0. The highest BCUT2D eigenvalue weighted by atomic mass is 35.5. The van der Waals surface area contributed by atoms with E-state index < -0.39 is 23.8 Å². The molecule has 1 unspecified atom stereocenters. The van der Waals surface area contributed by atoms with Gasteiger partial charge in [-0.2, -0.15) is 13.2 Å². The van der Waals surface area contributed by atoms with Gasteiger partial charge in [0.1, 0.15) is 0 Å². The molecule has 1 atom stereocenters. The zero-order valence-electron chi connectivity index (χ0n) is 11.4. The molecule has 5 nitrogen and oxygen atoms in total. The maximum absolute atomic E-state index is 13.3. The number of amides is 3. The van der Waals surface area contributed by atoms with Crippen molar-refractivity contribution in [1.82, 2.24) is 5.32 Å². The minimum atomic E-state index is -5.10. The highest BCUT2D eigenvalue weighted by molar-refractivity contribution is 6.31. The number of alkyl halides is 3. The first-order valence-corrected chi connectivity index (χ1v) is 6.73. The molecule has 9 heteroatoms. The van der Waals surface area contributed by atoms with Gasteiger partial charge in [0.25, 0.3) is 5.91 Å². The Balaban J connectivity index is 2.45. The van der Waals surface area contributed by atoms with E-state index >= 15 is 0 Å². The molecule has 1 saturated heterocycles. The zero-order valence-corrected chi connectivity index (χ0v) is 12.2. The van der Waals surface area contributed by atoms with Crippen LogP contribution in [0.2, 0.25) is 5.02 Å². The summed E-state index contributed by atoms with van der Waals surface area (Å²) < 4.78 is 44.6. The predicted octanol–water partition coefficient (Wildman–Crippen LogP) is 3.08. The molecule has 2 rings (SSSR count). The summed E-state index contributed by atoms with van der Waals surface area (Å²) in [6.45, 7) is 1.25. The molecule has 22 heavy (non-hydrogen) atoms. The van der Waals surface area contributed by atoms with Crippen molar-refractivity contribution in [3.8, 4) is 0 Å². The molecule has 0 radical (unpaired) electrons. The monoisotopic (exact) mass is 336 g/mol. The van der Waals surface area contributed by atoms with Crippen LogP contribution in [0.15, 0.2) is 24.3 Å². The Labute approximate surface area is 129 Å². The maximum atomic E-state index is 13.3. The minimum Gasteiger partial charge on any atom is -0.340 e. The molecule has 0 bridgehead atoms. The van der Waals surface area contributed by atoms with E-state index in [-0.39, 0.29) is 23.7 Å². The van der Waals surface area contributed by atoms with Crippen molar-refractivity contribution in [2.24, 2.45) is 0 Å². The molecule has 120 valence electrons. The number of nitrogens with zero attached hydrogens (tertiary/aromatic N) is 1. The molecule has 1 aromatic carbocycles. The van der Waals surface area contributed by atoms with Crippen LogP contribution in [-0.2, 0) is 9.53 Å². The summed E-state index contributed by atoms with van der Waals surface area (Å²) in [5, 5.41) is 1.78. The molecule has 3 amide bonds. The van der Waals surface area contributed by atoms with E-state index in [1.54, 1.807) is 12.2 Å². The largest absolute Gasteiger partial charge is 0.446 e. The summed E-state index contributed by atoms with van der Waals surface area (Å²) in [6, 6.07) is 4.18. The number of hydrogen-bond donors (Lipinski definition) is 1. The van der Waals surface area contributed by atoms with Crippen LogP contribution in [-0.4, -0.2) is 30.4 Å². The summed E-state index contributed by atoms with van der Waals surface area (Å²) >= 11 is 5.74. The van der Waals surface area contributed by atoms with Crippen molar-refractivity contribution in [1.29, 1.82) is 0 Å². The predicted molar refractivity (Wildman–Crippen MR) is 72.5 cm³/mol. The Morgan fingerprint density at radius 2 is 2.05 bits per heavy atom. The summed E-state index contributed by atoms with van der Waals surface area (Å²) in [5.74, 6) is -1.54. The second kappa shape index (κ2) is 5.77. The number of rotatable bonds is 4. The lowest BCUT2D eigenvalue weighted by Gasteiger charge is -2.28. The maximum Gasteiger partial charge on any atom is 0.446 e. The van der Waals surface area contributed by atoms with Crippen LogP contribution in [0.4, 0.5) is 23.7 Å². The minimum absolute atomic E-state index is 0.0683. The van der Waals surface area contributed by atoms with E-state index in [9.17, 15) is 22.8 Å². The highest BCUT2D eigenvalue weighted by Crippen LogP contribution is 2.38. The fourth-order valence-corrected chi connectivity index (χ4v) is 2.17. The van der Waals surface area contributed by atoms with Crippen LogP contribution in [0, 0.1) is 0 Å². The molecule has 0 aliphatic carbocycles. The van der Waals surface area contributed by atoms with Gasteiger partial charge in [-0.25, -0.2) is 9.69 Å². The molecule has 1 fully saturated rings. The van der Waals surface area contributed by atoms with Crippen LogP contribution in [0.3, 0.4) is 0 Å². The number of anilines is 1. The topological polar surface area (TPSA) is 58.6 Å². The van der Waals surface area contributed by atoms with Crippen LogP contribution < -0.4 is 10.2 Å². The molecule has 0 spiro atoms. The van der Waals surface area contributed by atoms with Crippen molar-refractivity contribution >= 4 is 29.2 Å². The van der Waals surface area contributed by atoms with Crippen LogP contribution in [0.5, 0.6) is 0 Å². The number of benzene rings is 1. The first kappa shape index (κ1) is 16.6. The van der Waals surface area contributed by atoms with Gasteiger partial charge in [0.15, 0.2) is 0 Å². The van der Waals surface area contributed by atoms with Gasteiger partial charge >= 0.3 is 17.9 Å². The number of halogens is 4. The lowest BCUT2D eigenvalue weighted by Crippen LogP contribution is -2.60. The van der Waals surface area contributed by atoms with Gasteiger partial charge in [0, 0.05) is 5.02 Å². The summed E-state index contributed by atoms with van der Waals surface area (Å²) in [6.07, 6.45) is -4.85. The summed E-state index contributed by atoms with van der Waals surface area (Å²) in [4.78, 5) is 24.5. The lowest BCUT2D eigenvalue weighted by molar-refractivity contribution is -0.269. The standard InChI is InChI=1S/C13H12ClF3N2O3/c1-2-6-22-12(13(15,16)17)10(20)19(11(21)18-12)9-5-3-4-8(14)7-9/h3-5,7H,2,6H2,1H3,(H,18,21). The van der Waals surface area contributed by atoms with Gasteiger partial charge in [-0.3, -0.25) is 10.1 Å². The van der Waals surface area contributed by atoms with Crippen molar-refractivity contribution in [2.45, 2.75) is 25.2 Å². The van der Waals surface area contributed by atoms with E-state index in [1.165, 1.54) is 24.3 Å². The fraction of sp³-hybridized carbons (Fsp3) is 0.385. The van der Waals surface area contributed by atoms with Crippen molar-refractivity contribution < 1.29 is 27.5 Å². The highest BCUT2D eigenvalue weighted by Gasteiger charge is 2.69. The molecule has 1 aliphatic rings. The third-order valence-electron chi connectivity index (χ3n) is 2.98. The molecule has 1 heterocycles. The van der Waals surface area contributed by atoms with Gasteiger partial charge < -0.3 is 4.74 Å². The first-order valence-electron chi connectivity index (χ1n) is 6.36. The Kier molecular flexibility index (Phi) is 4.35. The Bertz CT molecular complexity index is 608. The van der Waals surface area contributed by atoms with Crippen LogP contribution in [0.1, 0.15) is 13.3 Å². The number of imide groups is 1. The second-order valence-electron chi connectivity index (χ2n) is 4.58. The van der Waals surface area contributed by atoms with Gasteiger partial charge in [0.05, 0.1) is 12.3 Å². The van der Waals surface area contributed by atoms with E-state index in [0.29, 0.717) is 4.90 Å². The molecule has 1 N–H and O–H groups in total. The SMILES string of the molecule is CCCOC1(C(F)(F)F)NC(=O)N(c2cccc(Cl)c2)C1=O. The van der Waals surface area contributed by atoms with Gasteiger partial charge in [-0.05, 0) is 24.6 Å². The normalized spacial score (nSPS) is 22.1. The Morgan fingerprint density at radius 3 is 2.59 bits per heavy atom. The molecule has 0 saturated carbocycles. The number of hydrogen-bond acceptors (Lipinski definition) is 3. The first-order chi connectivity index (χ1) is 10.2. The molecular weight excluding hydrogens is 325 g/mol. The average molecular weight is 337 g/mol. The Hall–Kier alpha value is -1.80. The van der Waals surface area contributed by atoms with E-state index in [1.807, 2.05) is 0 Å². The third kappa shape index (κ3) is 2.64. The van der Waals surface area contributed by atoms with Crippen molar-refractivity contribution in [2.75, 3.05) is 11.5 Å². The van der Waals surface area contributed by atoms with E-state index in [4.69, 9.17) is 11.6 Å². The molecule has 1 aliphatic heterocycles. The van der Waals surface area contributed by atoms with Crippen molar-refractivity contribution in [3.63, 3.8) is 0 Å². The lowest BCUT2D eigenvalue weighted by atomic mass is 10.2. The van der Waals surface area contributed by atoms with Crippen molar-refractivity contribution in [3.05, 3.63) is 29.3 Å². The number of carbonyl (C=O) groups excluding carboxylic acids is 2. The number of nitrogens with one attached hydrogen (secondary N) is 1. The van der Waals surface area contributed by atoms with E-state index in [2.05, 4.69) is 4.74 Å². The third-order valence-corrected chi connectivity index (χ3v) is 3.21. The molecular formula is C13H12ClF3N2O3. The zero-order chi connectivity index (χ0) is 16.5. The fourth-order valence-electron chi connectivity index (χ4n) is 1.99. The number of carbonyl (C=O) groups is 2. The van der Waals surface area contributed by atoms with Gasteiger partial charge in [-0.1, -0.05) is 24.6 Å². The average Bonchev–Trinajstić information content (AvgIpc) is 2.68. The quantitative estimate of drug-likeness (QED) is 0.860. The van der Waals surface area contributed by atoms with Gasteiger partial charge in [0.2, 0.25) is 0 Å². The van der Waals surface area contributed by atoms with Gasteiger partial charge in [-0.15, -0.1) is 0 Å². The smallest absolute Gasteiger partial charge is 0.340 e.